The van der Waals surface area contributed by atoms with E-state index in [9.17, 15) is 4.79 Å². The van der Waals surface area contributed by atoms with Gasteiger partial charge in [-0.25, -0.2) is 0 Å². The van der Waals surface area contributed by atoms with Gasteiger partial charge in [0, 0.05) is 32.9 Å². The van der Waals surface area contributed by atoms with Crippen LogP contribution in [0.4, 0.5) is 0 Å². The van der Waals surface area contributed by atoms with Gasteiger partial charge in [-0.2, -0.15) is 0 Å². The number of rotatable bonds is 11. The molecule has 0 aromatic carbocycles. The van der Waals surface area contributed by atoms with Crippen LogP contribution in [-0.4, -0.2) is 63.5 Å². The Morgan fingerprint density at radius 2 is 1.94 bits per heavy atom. The molecule has 0 aliphatic carbocycles. The van der Waals surface area contributed by atoms with Crippen LogP contribution in [-0.2, 0) is 19.0 Å². The molecule has 0 aliphatic rings. The molecular weight excluding hydrogens is 234 g/mol. The summed E-state index contributed by atoms with van der Waals surface area (Å²) >= 11 is 0. The van der Waals surface area contributed by atoms with Crippen LogP contribution in [0.1, 0.15) is 27.2 Å². The second kappa shape index (κ2) is 11.4. The summed E-state index contributed by atoms with van der Waals surface area (Å²) in [5.41, 5.74) is 0. The molecule has 0 radical (unpaired) electrons. The molecule has 0 heterocycles. The molecule has 0 N–H and O–H groups in total. The van der Waals surface area contributed by atoms with Crippen molar-refractivity contribution in [1.82, 2.24) is 4.90 Å². The second-order valence-electron chi connectivity index (χ2n) is 4.33. The number of hydrogen-bond acceptors (Lipinski definition) is 5. The van der Waals surface area contributed by atoms with Crippen molar-refractivity contribution in [2.45, 2.75) is 33.2 Å². The van der Waals surface area contributed by atoms with Crippen molar-refractivity contribution in [3.63, 3.8) is 0 Å². The highest BCUT2D eigenvalue weighted by Crippen LogP contribution is 1.99. The van der Waals surface area contributed by atoms with Crippen molar-refractivity contribution in [3.8, 4) is 0 Å². The van der Waals surface area contributed by atoms with E-state index in [1.807, 2.05) is 11.8 Å². The van der Waals surface area contributed by atoms with Crippen LogP contribution in [0.15, 0.2) is 0 Å². The third-order valence-electron chi connectivity index (χ3n) is 2.53. The van der Waals surface area contributed by atoms with Crippen LogP contribution < -0.4 is 0 Å². The summed E-state index contributed by atoms with van der Waals surface area (Å²) in [4.78, 5) is 13.5. The van der Waals surface area contributed by atoms with Crippen LogP contribution in [0.3, 0.4) is 0 Å². The summed E-state index contributed by atoms with van der Waals surface area (Å²) in [6.45, 7) is 9.47. The van der Waals surface area contributed by atoms with Crippen molar-refractivity contribution >= 4 is 5.97 Å². The number of nitrogens with zero attached hydrogens (tertiary/aromatic N) is 1. The van der Waals surface area contributed by atoms with Gasteiger partial charge in [0.1, 0.15) is 0 Å². The lowest BCUT2D eigenvalue weighted by atomic mass is 10.3. The molecule has 0 aliphatic heterocycles. The minimum absolute atomic E-state index is 0.175. The van der Waals surface area contributed by atoms with Crippen LogP contribution in [0.5, 0.6) is 0 Å². The van der Waals surface area contributed by atoms with Gasteiger partial charge in [-0.05, 0) is 27.2 Å². The topological polar surface area (TPSA) is 48.0 Å². The van der Waals surface area contributed by atoms with Crippen LogP contribution >= 0.6 is 0 Å². The van der Waals surface area contributed by atoms with E-state index in [1.54, 1.807) is 7.11 Å². The summed E-state index contributed by atoms with van der Waals surface area (Å²) in [6.07, 6.45) is 0.899. The maximum Gasteiger partial charge on any atom is 0.320 e. The highest BCUT2D eigenvalue weighted by Gasteiger charge is 2.14. The van der Waals surface area contributed by atoms with E-state index in [0.717, 1.165) is 19.6 Å². The highest BCUT2D eigenvalue weighted by molar-refractivity contribution is 5.71. The van der Waals surface area contributed by atoms with Gasteiger partial charge < -0.3 is 14.2 Å². The zero-order valence-corrected chi connectivity index (χ0v) is 12.1. The van der Waals surface area contributed by atoms with Crippen LogP contribution in [0.25, 0.3) is 0 Å². The average Bonchev–Trinajstić information content (AvgIpc) is 2.32. The highest BCUT2D eigenvalue weighted by atomic mass is 16.5. The van der Waals surface area contributed by atoms with Gasteiger partial charge in [-0.3, -0.25) is 9.69 Å². The first-order valence-electron chi connectivity index (χ1n) is 6.58. The molecule has 108 valence electrons. The molecule has 0 atom stereocenters. The minimum Gasteiger partial charge on any atom is -0.465 e. The van der Waals surface area contributed by atoms with Gasteiger partial charge in [-0.15, -0.1) is 0 Å². The van der Waals surface area contributed by atoms with Crippen LogP contribution in [0.2, 0.25) is 0 Å². The molecule has 18 heavy (non-hydrogen) atoms. The van der Waals surface area contributed by atoms with Gasteiger partial charge in [-0.1, -0.05) is 0 Å². The molecule has 0 aromatic rings. The first kappa shape index (κ1) is 17.4. The molecule has 0 rings (SSSR count). The lowest BCUT2D eigenvalue weighted by Gasteiger charge is -2.25. The molecular formula is C13H27NO4. The quantitative estimate of drug-likeness (QED) is 0.414. The predicted octanol–water partition coefficient (Wildman–Crippen LogP) is 1.31. The molecule has 0 amide bonds. The Balaban J connectivity index is 3.73. The number of methoxy groups -OCH3 is 1. The first-order chi connectivity index (χ1) is 8.61. The van der Waals surface area contributed by atoms with Gasteiger partial charge in [0.25, 0.3) is 0 Å². The number of carbonyl (C=O) groups is 1. The Kier molecular flexibility index (Phi) is 11.0. The number of esters is 1. The lowest BCUT2D eigenvalue weighted by molar-refractivity contribution is -0.145. The maximum atomic E-state index is 11.4. The average molecular weight is 261 g/mol. The zero-order chi connectivity index (χ0) is 13.8. The molecule has 0 unspecified atom stereocenters. The Hall–Kier alpha value is -0.650. The summed E-state index contributed by atoms with van der Waals surface area (Å²) in [5.74, 6) is -0.175. The Morgan fingerprint density at radius 1 is 1.22 bits per heavy atom. The van der Waals surface area contributed by atoms with E-state index >= 15 is 0 Å². The summed E-state index contributed by atoms with van der Waals surface area (Å²) < 4.78 is 15.4. The second-order valence-corrected chi connectivity index (χ2v) is 4.33. The smallest absolute Gasteiger partial charge is 0.320 e. The van der Waals surface area contributed by atoms with E-state index in [2.05, 4.69) is 13.8 Å². The van der Waals surface area contributed by atoms with E-state index < -0.39 is 0 Å². The molecule has 0 saturated heterocycles. The fourth-order valence-corrected chi connectivity index (χ4v) is 1.48. The van der Waals surface area contributed by atoms with Crippen LogP contribution in [0, 0.1) is 0 Å². The fraction of sp³-hybridized carbons (Fsp3) is 0.923. The van der Waals surface area contributed by atoms with Crippen molar-refractivity contribution < 1.29 is 19.0 Å². The molecule has 0 saturated carbocycles. The van der Waals surface area contributed by atoms with Crippen molar-refractivity contribution in [3.05, 3.63) is 0 Å². The van der Waals surface area contributed by atoms with E-state index in [0.29, 0.717) is 32.4 Å². The van der Waals surface area contributed by atoms with E-state index in [-0.39, 0.29) is 5.97 Å². The van der Waals surface area contributed by atoms with Gasteiger partial charge in [0.2, 0.25) is 0 Å². The first-order valence-corrected chi connectivity index (χ1v) is 6.58. The standard InChI is InChI=1S/C13H27NO4/c1-5-18-13(15)11-14(12(2)3)7-10-17-9-6-8-16-4/h12H,5-11H2,1-4H3. The summed E-state index contributed by atoms with van der Waals surface area (Å²) in [6, 6.07) is 0.303. The summed E-state index contributed by atoms with van der Waals surface area (Å²) in [7, 11) is 1.68. The monoisotopic (exact) mass is 261 g/mol. The number of hydrogen-bond donors (Lipinski definition) is 0. The molecule has 0 aromatic heterocycles. The van der Waals surface area contributed by atoms with Crippen molar-refractivity contribution in [2.24, 2.45) is 0 Å². The lowest BCUT2D eigenvalue weighted by Crippen LogP contribution is -2.38. The normalized spacial score (nSPS) is 11.2. The molecule has 0 bridgehead atoms. The minimum atomic E-state index is -0.175. The molecule has 0 spiro atoms. The third kappa shape index (κ3) is 9.39. The van der Waals surface area contributed by atoms with Gasteiger partial charge in [0.15, 0.2) is 0 Å². The van der Waals surface area contributed by atoms with Gasteiger partial charge in [0.05, 0.1) is 19.8 Å². The molecule has 0 fully saturated rings. The Morgan fingerprint density at radius 3 is 2.50 bits per heavy atom. The Bertz CT molecular complexity index is 209. The largest absolute Gasteiger partial charge is 0.465 e. The molecule has 5 heteroatoms. The zero-order valence-electron chi connectivity index (χ0n) is 12.1. The van der Waals surface area contributed by atoms with Crippen molar-refractivity contribution in [2.75, 3.05) is 46.6 Å². The third-order valence-corrected chi connectivity index (χ3v) is 2.53. The summed E-state index contributed by atoms with van der Waals surface area (Å²) in [5, 5.41) is 0. The fourth-order valence-electron chi connectivity index (χ4n) is 1.48. The van der Waals surface area contributed by atoms with E-state index in [1.165, 1.54) is 0 Å². The van der Waals surface area contributed by atoms with E-state index in [4.69, 9.17) is 14.2 Å². The number of ether oxygens (including phenoxy) is 3. The SMILES string of the molecule is CCOC(=O)CN(CCOCCCOC)C(C)C. The maximum absolute atomic E-state index is 11.4. The van der Waals surface area contributed by atoms with Gasteiger partial charge >= 0.3 is 5.97 Å². The predicted molar refractivity (Wildman–Crippen MR) is 70.7 cm³/mol. The van der Waals surface area contributed by atoms with Crippen molar-refractivity contribution in [1.29, 1.82) is 0 Å². The molecule has 5 nitrogen and oxygen atoms in total. The Labute approximate surface area is 110 Å². The number of carbonyl (C=O) groups excluding carboxylic acids is 1.